The molecule has 0 saturated heterocycles. The maximum absolute atomic E-state index is 2.54. The van der Waals surface area contributed by atoms with Gasteiger partial charge in [-0.2, -0.15) is 0 Å². The Morgan fingerprint density at radius 2 is 1.71 bits per heavy atom. The summed E-state index contributed by atoms with van der Waals surface area (Å²) in [5, 5.41) is 0. The summed E-state index contributed by atoms with van der Waals surface area (Å²) < 4.78 is 0. The summed E-state index contributed by atoms with van der Waals surface area (Å²) in [6.07, 6.45) is 4.65. The van der Waals surface area contributed by atoms with Crippen molar-refractivity contribution >= 4 is 5.69 Å². The van der Waals surface area contributed by atoms with Gasteiger partial charge in [0.15, 0.2) is 0 Å². The molecule has 0 spiro atoms. The Bertz CT molecular complexity index is 420. The fraction of sp³-hybridized carbons (Fsp3) is 0.500. The molecule has 1 aromatic rings. The SMILES string of the molecule is Cc1cc(C)c(N2CC=C[C@@H]2C(C)C)c(C)c1. The molecule has 1 aromatic carbocycles. The Morgan fingerprint density at radius 1 is 1.12 bits per heavy atom. The highest BCUT2D eigenvalue weighted by Gasteiger charge is 2.25. The summed E-state index contributed by atoms with van der Waals surface area (Å²) in [6, 6.07) is 5.13. The topological polar surface area (TPSA) is 3.24 Å². The van der Waals surface area contributed by atoms with Gasteiger partial charge in [-0.3, -0.25) is 0 Å². The van der Waals surface area contributed by atoms with Gasteiger partial charge in [-0.05, 0) is 37.8 Å². The van der Waals surface area contributed by atoms with Crippen LogP contribution in [0.4, 0.5) is 5.69 Å². The molecule has 0 amide bonds. The summed E-state index contributed by atoms with van der Waals surface area (Å²) >= 11 is 0. The summed E-state index contributed by atoms with van der Waals surface area (Å²) in [4.78, 5) is 2.54. The summed E-state index contributed by atoms with van der Waals surface area (Å²) in [7, 11) is 0. The van der Waals surface area contributed by atoms with Crippen LogP contribution in [-0.4, -0.2) is 12.6 Å². The van der Waals surface area contributed by atoms with Crippen molar-refractivity contribution in [1.82, 2.24) is 0 Å². The maximum Gasteiger partial charge on any atom is 0.0500 e. The van der Waals surface area contributed by atoms with Crippen molar-refractivity contribution < 1.29 is 0 Å². The molecule has 1 aliphatic rings. The lowest BCUT2D eigenvalue weighted by molar-refractivity contribution is 0.550. The number of benzene rings is 1. The molecule has 2 rings (SSSR count). The molecule has 0 fully saturated rings. The van der Waals surface area contributed by atoms with Crippen LogP contribution in [0, 0.1) is 26.7 Å². The van der Waals surface area contributed by atoms with E-state index in [9.17, 15) is 0 Å². The molecule has 0 saturated carbocycles. The summed E-state index contributed by atoms with van der Waals surface area (Å²) in [5.74, 6) is 0.661. The lowest BCUT2D eigenvalue weighted by atomic mass is 9.99. The summed E-state index contributed by atoms with van der Waals surface area (Å²) in [5.41, 5.74) is 5.59. The molecule has 0 N–H and O–H groups in total. The quantitative estimate of drug-likeness (QED) is 0.693. The van der Waals surface area contributed by atoms with E-state index in [1.54, 1.807) is 0 Å². The van der Waals surface area contributed by atoms with Crippen LogP contribution in [-0.2, 0) is 0 Å². The van der Waals surface area contributed by atoms with Crippen LogP contribution >= 0.6 is 0 Å². The molecule has 1 heteroatoms. The lowest BCUT2D eigenvalue weighted by Crippen LogP contribution is -2.34. The molecule has 92 valence electrons. The van der Waals surface area contributed by atoms with Crippen LogP contribution in [0.2, 0.25) is 0 Å². The molecule has 0 aliphatic carbocycles. The first-order valence-electron chi connectivity index (χ1n) is 6.52. The predicted molar refractivity (Wildman–Crippen MR) is 75.8 cm³/mol. The first kappa shape index (κ1) is 12.2. The van der Waals surface area contributed by atoms with E-state index in [1.165, 1.54) is 22.4 Å². The Hall–Kier alpha value is -1.24. The minimum Gasteiger partial charge on any atom is -0.361 e. The van der Waals surface area contributed by atoms with Gasteiger partial charge in [-0.1, -0.05) is 43.7 Å². The maximum atomic E-state index is 2.54. The van der Waals surface area contributed by atoms with Gasteiger partial charge in [0, 0.05) is 18.3 Å². The Kier molecular flexibility index (Phi) is 3.28. The second kappa shape index (κ2) is 4.56. The summed E-state index contributed by atoms with van der Waals surface area (Å²) in [6.45, 7) is 12.3. The number of rotatable bonds is 2. The van der Waals surface area contributed by atoms with Crippen LogP contribution < -0.4 is 4.90 Å². The highest BCUT2D eigenvalue weighted by Crippen LogP contribution is 2.32. The van der Waals surface area contributed by atoms with Crippen molar-refractivity contribution in [2.24, 2.45) is 5.92 Å². The number of aryl methyl sites for hydroxylation is 3. The predicted octanol–water partition coefficient (Wildman–Crippen LogP) is 4.01. The molecular formula is C16H23N. The molecule has 1 heterocycles. The molecule has 1 nitrogen and oxygen atoms in total. The zero-order chi connectivity index (χ0) is 12.6. The van der Waals surface area contributed by atoms with Gasteiger partial charge in [0.05, 0.1) is 0 Å². The monoisotopic (exact) mass is 229 g/mol. The van der Waals surface area contributed by atoms with Crippen LogP contribution in [0.15, 0.2) is 24.3 Å². The first-order valence-corrected chi connectivity index (χ1v) is 6.52. The number of hydrogen-bond donors (Lipinski definition) is 0. The van der Waals surface area contributed by atoms with E-state index in [0.717, 1.165) is 6.54 Å². The van der Waals surface area contributed by atoms with Crippen molar-refractivity contribution in [2.45, 2.75) is 40.7 Å². The average molecular weight is 229 g/mol. The lowest BCUT2D eigenvalue weighted by Gasteiger charge is -2.32. The highest BCUT2D eigenvalue weighted by molar-refractivity contribution is 5.62. The van der Waals surface area contributed by atoms with Crippen LogP contribution in [0.3, 0.4) is 0 Å². The number of nitrogens with zero attached hydrogens (tertiary/aromatic N) is 1. The van der Waals surface area contributed by atoms with Crippen molar-refractivity contribution in [1.29, 1.82) is 0 Å². The van der Waals surface area contributed by atoms with Gasteiger partial charge in [-0.25, -0.2) is 0 Å². The average Bonchev–Trinajstić information content (AvgIpc) is 2.64. The minimum atomic E-state index is 0.551. The first-order chi connectivity index (χ1) is 8.00. The fourth-order valence-corrected chi connectivity index (χ4v) is 2.99. The standard InChI is InChI=1S/C16H23N/c1-11(2)15-7-6-8-17(15)16-13(4)9-12(3)10-14(16)5/h6-7,9-11,15H,8H2,1-5H3/t15-/m1/s1. The van der Waals surface area contributed by atoms with E-state index in [4.69, 9.17) is 0 Å². The van der Waals surface area contributed by atoms with Gasteiger partial charge < -0.3 is 4.90 Å². The molecule has 0 bridgehead atoms. The third-order valence-electron chi connectivity index (χ3n) is 3.60. The van der Waals surface area contributed by atoms with E-state index < -0.39 is 0 Å². The Labute approximate surface area is 105 Å². The Balaban J connectivity index is 2.41. The second-order valence-corrected chi connectivity index (χ2v) is 5.56. The van der Waals surface area contributed by atoms with Crippen molar-refractivity contribution in [3.8, 4) is 0 Å². The highest BCUT2D eigenvalue weighted by atomic mass is 15.2. The molecular weight excluding hydrogens is 206 g/mol. The fourth-order valence-electron chi connectivity index (χ4n) is 2.99. The van der Waals surface area contributed by atoms with E-state index in [2.05, 4.69) is 63.8 Å². The third-order valence-corrected chi connectivity index (χ3v) is 3.60. The third kappa shape index (κ3) is 2.24. The van der Waals surface area contributed by atoms with Crippen molar-refractivity contribution in [2.75, 3.05) is 11.4 Å². The smallest absolute Gasteiger partial charge is 0.0500 e. The largest absolute Gasteiger partial charge is 0.361 e. The van der Waals surface area contributed by atoms with Gasteiger partial charge in [-0.15, -0.1) is 0 Å². The van der Waals surface area contributed by atoms with Crippen LogP contribution in [0.5, 0.6) is 0 Å². The van der Waals surface area contributed by atoms with Crippen molar-refractivity contribution in [3.05, 3.63) is 41.0 Å². The van der Waals surface area contributed by atoms with Gasteiger partial charge >= 0.3 is 0 Å². The molecule has 1 aliphatic heterocycles. The van der Waals surface area contributed by atoms with Gasteiger partial charge in [0.2, 0.25) is 0 Å². The van der Waals surface area contributed by atoms with Crippen LogP contribution in [0.1, 0.15) is 30.5 Å². The molecule has 1 atom stereocenters. The molecule has 0 unspecified atom stereocenters. The minimum absolute atomic E-state index is 0.551. The normalized spacial score (nSPS) is 19.4. The van der Waals surface area contributed by atoms with E-state index >= 15 is 0 Å². The molecule has 0 radical (unpaired) electrons. The molecule has 17 heavy (non-hydrogen) atoms. The number of anilines is 1. The van der Waals surface area contributed by atoms with E-state index in [-0.39, 0.29) is 0 Å². The zero-order valence-corrected chi connectivity index (χ0v) is 11.6. The number of hydrogen-bond acceptors (Lipinski definition) is 1. The zero-order valence-electron chi connectivity index (χ0n) is 11.6. The van der Waals surface area contributed by atoms with E-state index in [0.29, 0.717) is 12.0 Å². The van der Waals surface area contributed by atoms with Gasteiger partial charge in [0.25, 0.3) is 0 Å². The molecule has 0 aromatic heterocycles. The van der Waals surface area contributed by atoms with Gasteiger partial charge in [0.1, 0.15) is 0 Å². The van der Waals surface area contributed by atoms with Crippen LogP contribution in [0.25, 0.3) is 0 Å². The van der Waals surface area contributed by atoms with Crippen molar-refractivity contribution in [3.63, 3.8) is 0 Å². The second-order valence-electron chi connectivity index (χ2n) is 5.56. The Morgan fingerprint density at radius 3 is 2.24 bits per heavy atom. The van der Waals surface area contributed by atoms with E-state index in [1.807, 2.05) is 0 Å².